The molecule has 2 saturated heterocycles. The van der Waals surface area contributed by atoms with Gasteiger partial charge in [0.05, 0.1) is 19.0 Å². The molecule has 1 aromatic heterocycles. The van der Waals surface area contributed by atoms with Gasteiger partial charge in [-0.1, -0.05) is 6.92 Å². The fraction of sp³-hybridized carbons (Fsp3) is 0.789. The molecular weight excluding hydrogens is 328 g/mol. The Kier molecular flexibility index (Phi) is 6.91. The molecule has 7 heteroatoms. The number of nitrogens with one attached hydrogen (secondary N) is 1. The lowest BCUT2D eigenvalue weighted by Gasteiger charge is -2.39. The second-order valence-corrected chi connectivity index (χ2v) is 7.54. The van der Waals surface area contributed by atoms with Gasteiger partial charge in [-0.25, -0.2) is 4.98 Å². The molecule has 2 aliphatic heterocycles. The van der Waals surface area contributed by atoms with E-state index in [1.165, 1.54) is 25.8 Å². The molecule has 3 unspecified atom stereocenters. The van der Waals surface area contributed by atoms with E-state index in [1.807, 2.05) is 19.6 Å². The van der Waals surface area contributed by atoms with Crippen LogP contribution in [0.25, 0.3) is 0 Å². The van der Waals surface area contributed by atoms with Crippen molar-refractivity contribution in [2.45, 2.75) is 38.3 Å². The van der Waals surface area contributed by atoms with Gasteiger partial charge < -0.3 is 19.5 Å². The van der Waals surface area contributed by atoms with E-state index >= 15 is 0 Å². The molecule has 1 aromatic rings. The second-order valence-electron chi connectivity index (χ2n) is 7.54. The van der Waals surface area contributed by atoms with Gasteiger partial charge in [-0.3, -0.25) is 9.89 Å². The number of aromatic nitrogens is 2. The maximum Gasteiger partial charge on any atom is 0.193 e. The van der Waals surface area contributed by atoms with Gasteiger partial charge in [0.2, 0.25) is 0 Å². The summed E-state index contributed by atoms with van der Waals surface area (Å²) in [4.78, 5) is 13.7. The monoisotopic (exact) mass is 362 g/mol. The van der Waals surface area contributed by atoms with Gasteiger partial charge in [-0.05, 0) is 31.7 Å². The third-order valence-electron chi connectivity index (χ3n) is 5.92. The Morgan fingerprint density at radius 2 is 2.23 bits per heavy atom. The Hall–Kier alpha value is -1.60. The van der Waals surface area contributed by atoms with Gasteiger partial charge in [0.15, 0.2) is 5.96 Å². The molecule has 26 heavy (non-hydrogen) atoms. The summed E-state index contributed by atoms with van der Waals surface area (Å²) in [7, 11) is 3.67. The normalized spacial score (nSPS) is 27.9. The first-order valence-corrected chi connectivity index (χ1v) is 9.89. The van der Waals surface area contributed by atoms with E-state index < -0.39 is 0 Å². The molecule has 0 aromatic carbocycles. The second kappa shape index (κ2) is 9.37. The van der Waals surface area contributed by atoms with E-state index in [4.69, 9.17) is 4.74 Å². The molecule has 146 valence electrons. The number of methoxy groups -OCH3 is 1. The van der Waals surface area contributed by atoms with Gasteiger partial charge in [0, 0.05) is 58.8 Å². The molecule has 0 amide bonds. The number of nitrogens with zero attached hydrogens (tertiary/aromatic N) is 5. The van der Waals surface area contributed by atoms with Gasteiger partial charge in [-0.2, -0.15) is 0 Å². The fourth-order valence-electron chi connectivity index (χ4n) is 4.27. The number of guanidine groups is 1. The summed E-state index contributed by atoms with van der Waals surface area (Å²) in [6.07, 6.45) is 9.58. The van der Waals surface area contributed by atoms with Crippen LogP contribution < -0.4 is 5.32 Å². The standard InChI is InChI=1S/C19H34N6O/c1-16-6-9-24(14-18(16)25-10-7-21-15-25)19(20-2)22-13-17-5-4-8-23(17)11-12-26-3/h7,10,15-18H,4-6,8-9,11-14H2,1-3H3,(H,20,22). The molecular formula is C19H34N6O. The van der Waals surface area contributed by atoms with Gasteiger partial charge in [0.1, 0.15) is 0 Å². The zero-order valence-corrected chi connectivity index (χ0v) is 16.5. The Balaban J connectivity index is 1.55. The van der Waals surface area contributed by atoms with Crippen molar-refractivity contribution in [1.82, 2.24) is 24.7 Å². The number of aliphatic imine (C=N–C) groups is 1. The number of ether oxygens (including phenoxy) is 1. The van der Waals surface area contributed by atoms with Crippen LogP contribution in [0.15, 0.2) is 23.7 Å². The molecule has 2 aliphatic rings. The third-order valence-corrected chi connectivity index (χ3v) is 5.92. The largest absolute Gasteiger partial charge is 0.383 e. The van der Waals surface area contributed by atoms with E-state index in [0.717, 1.165) is 38.7 Å². The molecule has 0 bridgehead atoms. The summed E-state index contributed by atoms with van der Waals surface area (Å²) in [5.74, 6) is 1.68. The molecule has 0 spiro atoms. The van der Waals surface area contributed by atoms with Crippen molar-refractivity contribution in [3.63, 3.8) is 0 Å². The lowest BCUT2D eigenvalue weighted by atomic mass is 9.93. The van der Waals surface area contributed by atoms with Crippen molar-refractivity contribution < 1.29 is 4.74 Å². The van der Waals surface area contributed by atoms with E-state index in [0.29, 0.717) is 18.0 Å². The minimum absolute atomic E-state index is 0.453. The zero-order valence-electron chi connectivity index (χ0n) is 16.5. The van der Waals surface area contributed by atoms with E-state index in [1.54, 1.807) is 7.11 Å². The van der Waals surface area contributed by atoms with Crippen LogP contribution in [0, 0.1) is 5.92 Å². The smallest absolute Gasteiger partial charge is 0.193 e. The van der Waals surface area contributed by atoms with Crippen molar-refractivity contribution in [3.8, 4) is 0 Å². The lowest BCUT2D eigenvalue weighted by Crippen LogP contribution is -2.51. The summed E-state index contributed by atoms with van der Waals surface area (Å²) in [5.41, 5.74) is 0. The Bertz CT molecular complexity index is 560. The highest BCUT2D eigenvalue weighted by Gasteiger charge is 2.30. The summed E-state index contributed by atoms with van der Waals surface area (Å²) in [5, 5.41) is 3.64. The Morgan fingerprint density at radius 3 is 2.96 bits per heavy atom. The molecule has 2 fully saturated rings. The van der Waals surface area contributed by atoms with Crippen LogP contribution in [0.5, 0.6) is 0 Å². The topological polar surface area (TPSA) is 57.9 Å². The highest BCUT2D eigenvalue weighted by atomic mass is 16.5. The van der Waals surface area contributed by atoms with Crippen LogP contribution >= 0.6 is 0 Å². The number of likely N-dealkylation sites (tertiary alicyclic amines) is 2. The van der Waals surface area contributed by atoms with Crippen LogP contribution in [0.3, 0.4) is 0 Å². The number of rotatable bonds is 6. The minimum Gasteiger partial charge on any atom is -0.383 e. The Labute approximate surface area is 157 Å². The van der Waals surface area contributed by atoms with Crippen LogP contribution in [0.1, 0.15) is 32.2 Å². The van der Waals surface area contributed by atoms with Crippen molar-refractivity contribution in [2.75, 3.05) is 53.5 Å². The highest BCUT2D eigenvalue weighted by Crippen LogP contribution is 2.27. The average Bonchev–Trinajstić information content (AvgIpc) is 3.33. The van der Waals surface area contributed by atoms with Crippen LogP contribution in [0.4, 0.5) is 0 Å². The molecule has 3 rings (SSSR count). The van der Waals surface area contributed by atoms with E-state index in [2.05, 4.69) is 42.8 Å². The Morgan fingerprint density at radius 1 is 1.35 bits per heavy atom. The molecule has 0 saturated carbocycles. The van der Waals surface area contributed by atoms with Gasteiger partial charge in [-0.15, -0.1) is 0 Å². The predicted molar refractivity (Wildman–Crippen MR) is 104 cm³/mol. The first-order chi connectivity index (χ1) is 12.7. The minimum atomic E-state index is 0.453. The molecule has 7 nitrogen and oxygen atoms in total. The van der Waals surface area contributed by atoms with Crippen molar-refractivity contribution in [3.05, 3.63) is 18.7 Å². The molecule has 0 aliphatic carbocycles. The van der Waals surface area contributed by atoms with E-state index in [9.17, 15) is 0 Å². The van der Waals surface area contributed by atoms with Crippen molar-refractivity contribution in [2.24, 2.45) is 10.9 Å². The number of piperidine rings is 1. The molecule has 3 atom stereocenters. The maximum absolute atomic E-state index is 5.25. The van der Waals surface area contributed by atoms with E-state index in [-0.39, 0.29) is 0 Å². The summed E-state index contributed by atoms with van der Waals surface area (Å²) < 4.78 is 7.49. The van der Waals surface area contributed by atoms with Crippen LogP contribution in [-0.2, 0) is 4.74 Å². The lowest BCUT2D eigenvalue weighted by molar-refractivity contribution is 0.140. The summed E-state index contributed by atoms with van der Waals surface area (Å²) in [6.45, 7) is 8.34. The predicted octanol–water partition coefficient (Wildman–Crippen LogP) is 1.45. The van der Waals surface area contributed by atoms with Crippen LogP contribution in [-0.4, -0.2) is 84.8 Å². The fourth-order valence-corrected chi connectivity index (χ4v) is 4.27. The SMILES string of the molecule is CN=C(NCC1CCCN1CCOC)N1CCC(C)C(n2ccnc2)C1. The quantitative estimate of drug-likeness (QED) is 0.613. The van der Waals surface area contributed by atoms with Crippen molar-refractivity contribution >= 4 is 5.96 Å². The molecule has 0 radical (unpaired) electrons. The average molecular weight is 363 g/mol. The third kappa shape index (κ3) is 4.57. The summed E-state index contributed by atoms with van der Waals surface area (Å²) in [6, 6.07) is 1.03. The summed E-state index contributed by atoms with van der Waals surface area (Å²) >= 11 is 0. The molecule has 1 N–H and O–H groups in total. The van der Waals surface area contributed by atoms with Crippen molar-refractivity contribution in [1.29, 1.82) is 0 Å². The van der Waals surface area contributed by atoms with Gasteiger partial charge in [0.25, 0.3) is 0 Å². The number of imidazole rings is 1. The number of hydrogen-bond donors (Lipinski definition) is 1. The van der Waals surface area contributed by atoms with Gasteiger partial charge >= 0.3 is 0 Å². The van der Waals surface area contributed by atoms with Crippen LogP contribution in [0.2, 0.25) is 0 Å². The zero-order chi connectivity index (χ0) is 18.4. The highest BCUT2D eigenvalue weighted by molar-refractivity contribution is 5.80. The molecule has 3 heterocycles. The first kappa shape index (κ1) is 19.2. The first-order valence-electron chi connectivity index (χ1n) is 9.89. The maximum atomic E-state index is 5.25. The number of hydrogen-bond acceptors (Lipinski definition) is 4.